The topological polar surface area (TPSA) is 12.9 Å². The quantitative estimate of drug-likeness (QED) is 0.422. The predicted octanol–water partition coefficient (Wildman–Crippen LogP) is -1.82. The van der Waals surface area contributed by atoms with Crippen molar-refractivity contribution in [2.24, 2.45) is 0 Å². The predicted molar refractivity (Wildman–Crippen MR) is 46.9 cm³/mol. The molecule has 4 heteroatoms. The number of aromatic nitrogens is 1. The Bertz CT molecular complexity index is 86.9. The summed E-state index contributed by atoms with van der Waals surface area (Å²) < 4.78 is 0. The molecule has 1 heterocycles. The van der Waals surface area contributed by atoms with Crippen LogP contribution in [0.5, 0.6) is 0 Å². The fourth-order valence-electron chi connectivity index (χ4n) is 0.313. The molecule has 1 rings (SSSR count). The van der Waals surface area contributed by atoms with E-state index >= 15 is 0 Å². The molecule has 0 saturated heterocycles. The third-order valence-corrected chi connectivity index (χ3v) is 0.566. The molecule has 9 heavy (non-hydrogen) atoms. The zero-order valence-corrected chi connectivity index (χ0v) is 7.01. The SMILES string of the molecule is [BH4-].[BH4-].[Zn+2].c1ccncc1. The number of pyridine rings is 1. The van der Waals surface area contributed by atoms with Crippen molar-refractivity contribution >= 4 is 16.8 Å². The first-order chi connectivity index (χ1) is 3.00. The van der Waals surface area contributed by atoms with Crippen molar-refractivity contribution in [3.63, 3.8) is 0 Å². The molecule has 0 N–H and O–H groups in total. The van der Waals surface area contributed by atoms with Gasteiger partial charge in [-0.05, 0) is 12.1 Å². The molecule has 46 valence electrons. The molecule has 1 nitrogen and oxygen atoms in total. The molecule has 0 spiro atoms. The first kappa shape index (κ1) is 16.0. The summed E-state index contributed by atoms with van der Waals surface area (Å²) in [5.74, 6) is 0. The van der Waals surface area contributed by atoms with E-state index in [1.165, 1.54) is 0 Å². The minimum absolute atomic E-state index is 0. The van der Waals surface area contributed by atoms with Crippen LogP contribution in [0.4, 0.5) is 0 Å². The maximum Gasteiger partial charge on any atom is 2.00 e. The van der Waals surface area contributed by atoms with E-state index in [1.54, 1.807) is 12.4 Å². The molecular formula is C5H13B2NZn. The summed E-state index contributed by atoms with van der Waals surface area (Å²) >= 11 is 0. The Morgan fingerprint density at radius 3 is 1.33 bits per heavy atom. The molecule has 0 saturated carbocycles. The van der Waals surface area contributed by atoms with Crippen molar-refractivity contribution in [2.45, 2.75) is 0 Å². The van der Waals surface area contributed by atoms with Crippen LogP contribution in [0.25, 0.3) is 0 Å². The third kappa shape index (κ3) is 7.90. The monoisotopic (exact) mass is 173 g/mol. The molecule has 0 fully saturated rings. The van der Waals surface area contributed by atoms with Gasteiger partial charge in [-0.15, -0.1) is 0 Å². The van der Waals surface area contributed by atoms with E-state index in [0.29, 0.717) is 0 Å². The molecule has 0 atom stereocenters. The first-order valence-electron chi connectivity index (χ1n) is 1.85. The van der Waals surface area contributed by atoms with E-state index in [-0.39, 0.29) is 36.3 Å². The van der Waals surface area contributed by atoms with E-state index in [2.05, 4.69) is 4.98 Å². The molecule has 0 radical (unpaired) electrons. The number of nitrogens with zero attached hydrogens (tertiary/aromatic N) is 1. The van der Waals surface area contributed by atoms with E-state index in [0.717, 1.165) is 0 Å². The Balaban J connectivity index is -0.000000120. The smallest absolute Gasteiger partial charge is 0.265 e. The number of hydrogen-bond acceptors (Lipinski definition) is 1. The molecule has 0 amide bonds. The van der Waals surface area contributed by atoms with Crippen molar-refractivity contribution in [3.05, 3.63) is 30.6 Å². The van der Waals surface area contributed by atoms with Crippen LogP contribution in [0.3, 0.4) is 0 Å². The van der Waals surface area contributed by atoms with Gasteiger partial charge in [0, 0.05) is 12.4 Å². The Kier molecular flexibility index (Phi) is 19.2. The van der Waals surface area contributed by atoms with Crippen LogP contribution in [0.2, 0.25) is 0 Å². The summed E-state index contributed by atoms with van der Waals surface area (Å²) in [5.41, 5.74) is 0. The fourth-order valence-corrected chi connectivity index (χ4v) is 0.313. The zero-order valence-electron chi connectivity index (χ0n) is 4.04. The third-order valence-electron chi connectivity index (χ3n) is 0.566. The fraction of sp³-hybridized carbons (Fsp3) is 0. The van der Waals surface area contributed by atoms with Crippen LogP contribution >= 0.6 is 0 Å². The van der Waals surface area contributed by atoms with Crippen LogP contribution in [-0.2, 0) is 19.5 Å². The minimum atomic E-state index is 0. The van der Waals surface area contributed by atoms with Gasteiger partial charge in [0.1, 0.15) is 0 Å². The van der Waals surface area contributed by atoms with E-state index in [9.17, 15) is 0 Å². The van der Waals surface area contributed by atoms with Gasteiger partial charge in [-0.25, -0.2) is 0 Å². The van der Waals surface area contributed by atoms with Crippen LogP contribution in [-0.4, -0.2) is 21.8 Å². The number of rotatable bonds is 0. The first-order valence-corrected chi connectivity index (χ1v) is 1.85. The zero-order chi connectivity index (χ0) is 4.24. The van der Waals surface area contributed by atoms with Crippen LogP contribution < -0.4 is 0 Å². The van der Waals surface area contributed by atoms with Crippen molar-refractivity contribution in [1.82, 2.24) is 4.98 Å². The normalized spacial score (nSPS) is 5.33. The summed E-state index contributed by atoms with van der Waals surface area (Å²) in [7, 11) is 0. The molecule has 0 aliphatic rings. The van der Waals surface area contributed by atoms with Crippen molar-refractivity contribution in [3.8, 4) is 0 Å². The van der Waals surface area contributed by atoms with Crippen LogP contribution in [0.15, 0.2) is 30.6 Å². The average molecular weight is 174 g/mol. The van der Waals surface area contributed by atoms with Crippen LogP contribution in [0.1, 0.15) is 0 Å². The molecule has 1 aromatic rings. The van der Waals surface area contributed by atoms with Gasteiger partial charge in [-0.3, -0.25) is 4.98 Å². The molecule has 0 aromatic carbocycles. The Morgan fingerprint density at radius 1 is 0.778 bits per heavy atom. The second-order valence-corrected chi connectivity index (χ2v) is 1.02. The summed E-state index contributed by atoms with van der Waals surface area (Å²) in [6.07, 6.45) is 3.50. The van der Waals surface area contributed by atoms with Gasteiger partial charge in [0.25, 0.3) is 0 Å². The Morgan fingerprint density at radius 2 is 1.22 bits per heavy atom. The minimum Gasteiger partial charge on any atom is -0.265 e. The van der Waals surface area contributed by atoms with E-state index < -0.39 is 0 Å². The van der Waals surface area contributed by atoms with Gasteiger partial charge in [0.2, 0.25) is 0 Å². The van der Waals surface area contributed by atoms with E-state index in [4.69, 9.17) is 0 Å². The molecule has 0 unspecified atom stereocenters. The molecule has 1 aromatic heterocycles. The summed E-state index contributed by atoms with van der Waals surface area (Å²) in [6.45, 7) is 0. The standard InChI is InChI=1S/C5H5N.2BH4.Zn/c1-2-4-6-5-3-1;;;/h1-5H;2*1H4;/q;2*-1;+2. The van der Waals surface area contributed by atoms with Gasteiger partial charge in [0.05, 0.1) is 0 Å². The summed E-state index contributed by atoms with van der Waals surface area (Å²) in [4.78, 5) is 3.78. The van der Waals surface area contributed by atoms with Gasteiger partial charge in [-0.2, -0.15) is 0 Å². The Labute approximate surface area is 72.2 Å². The van der Waals surface area contributed by atoms with Crippen molar-refractivity contribution in [1.29, 1.82) is 0 Å². The van der Waals surface area contributed by atoms with Crippen molar-refractivity contribution < 1.29 is 19.5 Å². The molecule has 0 bridgehead atoms. The van der Waals surface area contributed by atoms with Gasteiger partial charge >= 0.3 is 19.5 Å². The second-order valence-electron chi connectivity index (χ2n) is 1.02. The summed E-state index contributed by atoms with van der Waals surface area (Å²) in [5, 5.41) is 0. The number of hydrogen-bond donors (Lipinski definition) is 0. The molecular weight excluding hydrogens is 161 g/mol. The average Bonchev–Trinajstić information content (AvgIpc) is 1.72. The van der Waals surface area contributed by atoms with E-state index in [1.807, 2.05) is 18.2 Å². The Hall–Kier alpha value is -0.0968. The maximum absolute atomic E-state index is 3.78. The van der Waals surface area contributed by atoms with Crippen molar-refractivity contribution in [2.75, 3.05) is 0 Å². The molecule has 0 aliphatic carbocycles. The van der Waals surface area contributed by atoms with Gasteiger partial charge in [-0.1, -0.05) is 22.9 Å². The summed E-state index contributed by atoms with van der Waals surface area (Å²) in [6, 6.07) is 5.72. The van der Waals surface area contributed by atoms with Gasteiger partial charge in [0.15, 0.2) is 0 Å². The maximum atomic E-state index is 3.78. The van der Waals surface area contributed by atoms with Gasteiger partial charge < -0.3 is 0 Å². The second kappa shape index (κ2) is 10.8. The molecule has 0 aliphatic heterocycles. The van der Waals surface area contributed by atoms with Crippen LogP contribution in [0, 0.1) is 0 Å². The largest absolute Gasteiger partial charge is 2.00 e.